The molecule has 62 valence electrons. The van der Waals surface area contributed by atoms with Crippen molar-refractivity contribution in [1.29, 1.82) is 0 Å². The minimum absolute atomic E-state index is 0.178. The van der Waals surface area contributed by atoms with E-state index in [2.05, 4.69) is 0 Å². The molecule has 1 aliphatic carbocycles. The van der Waals surface area contributed by atoms with Crippen LogP contribution in [-0.2, 0) is 6.42 Å². The molecule has 2 N–H and O–H groups in total. The van der Waals surface area contributed by atoms with E-state index in [0.29, 0.717) is 6.54 Å². The second-order valence-corrected chi connectivity index (χ2v) is 3.03. The van der Waals surface area contributed by atoms with Crippen molar-refractivity contribution in [3.8, 4) is 0 Å². The van der Waals surface area contributed by atoms with Crippen LogP contribution in [0, 0.1) is 5.82 Å². The zero-order chi connectivity index (χ0) is 8.55. The van der Waals surface area contributed by atoms with Gasteiger partial charge in [0.15, 0.2) is 0 Å². The summed E-state index contributed by atoms with van der Waals surface area (Å²) < 4.78 is 12.7. The molecule has 0 radical (unpaired) electrons. The monoisotopic (exact) mass is 163 g/mol. The standard InChI is InChI=1S/C10H10FN/c11-10-2-1-8-3-7(6-12)4-9(8)5-10/h1-2,4-5H,3,6,12H2. The average Bonchev–Trinajstić information content (AvgIpc) is 2.46. The zero-order valence-electron chi connectivity index (χ0n) is 6.68. The molecule has 0 unspecified atom stereocenters. The van der Waals surface area contributed by atoms with Gasteiger partial charge in [-0.2, -0.15) is 0 Å². The maximum atomic E-state index is 12.7. The van der Waals surface area contributed by atoms with E-state index in [9.17, 15) is 4.39 Å². The van der Waals surface area contributed by atoms with Crippen molar-refractivity contribution < 1.29 is 4.39 Å². The predicted molar refractivity (Wildman–Crippen MR) is 47.1 cm³/mol. The summed E-state index contributed by atoms with van der Waals surface area (Å²) in [6, 6.07) is 4.87. The molecule has 0 aromatic heterocycles. The van der Waals surface area contributed by atoms with Crippen LogP contribution in [0.5, 0.6) is 0 Å². The van der Waals surface area contributed by atoms with Gasteiger partial charge in [-0.25, -0.2) is 4.39 Å². The molecular formula is C10H10FN. The third-order valence-electron chi connectivity index (χ3n) is 2.15. The van der Waals surface area contributed by atoms with Gasteiger partial charge in [0.25, 0.3) is 0 Å². The molecule has 2 rings (SSSR count). The van der Waals surface area contributed by atoms with Gasteiger partial charge in [0, 0.05) is 6.54 Å². The molecule has 0 bridgehead atoms. The Morgan fingerprint density at radius 1 is 1.42 bits per heavy atom. The van der Waals surface area contributed by atoms with Crippen molar-refractivity contribution in [3.63, 3.8) is 0 Å². The van der Waals surface area contributed by atoms with Crippen LogP contribution in [0.1, 0.15) is 11.1 Å². The highest BCUT2D eigenvalue weighted by molar-refractivity contribution is 5.63. The van der Waals surface area contributed by atoms with Crippen LogP contribution in [-0.4, -0.2) is 6.54 Å². The lowest BCUT2D eigenvalue weighted by Crippen LogP contribution is -2.02. The highest BCUT2D eigenvalue weighted by atomic mass is 19.1. The van der Waals surface area contributed by atoms with E-state index in [1.807, 2.05) is 12.1 Å². The first-order valence-electron chi connectivity index (χ1n) is 3.97. The highest BCUT2D eigenvalue weighted by Gasteiger charge is 2.11. The van der Waals surface area contributed by atoms with Gasteiger partial charge in [-0.1, -0.05) is 17.7 Å². The fourth-order valence-electron chi connectivity index (χ4n) is 1.51. The number of nitrogens with two attached hydrogens (primary N) is 1. The third kappa shape index (κ3) is 1.14. The Morgan fingerprint density at radius 3 is 3.00 bits per heavy atom. The Bertz CT molecular complexity index is 342. The number of hydrogen-bond donors (Lipinski definition) is 1. The third-order valence-corrected chi connectivity index (χ3v) is 2.15. The summed E-state index contributed by atoms with van der Waals surface area (Å²) in [6.07, 6.45) is 2.85. The van der Waals surface area contributed by atoms with E-state index >= 15 is 0 Å². The van der Waals surface area contributed by atoms with E-state index in [0.717, 1.165) is 12.0 Å². The van der Waals surface area contributed by atoms with Crippen molar-refractivity contribution in [3.05, 3.63) is 40.7 Å². The topological polar surface area (TPSA) is 26.0 Å². The van der Waals surface area contributed by atoms with E-state index in [1.54, 1.807) is 6.07 Å². The largest absolute Gasteiger partial charge is 0.327 e. The lowest BCUT2D eigenvalue weighted by Gasteiger charge is -1.97. The van der Waals surface area contributed by atoms with Crippen LogP contribution in [0.15, 0.2) is 23.8 Å². The minimum Gasteiger partial charge on any atom is -0.327 e. The minimum atomic E-state index is -0.178. The second kappa shape index (κ2) is 2.72. The van der Waals surface area contributed by atoms with E-state index in [1.165, 1.54) is 17.2 Å². The number of hydrogen-bond acceptors (Lipinski definition) is 1. The summed E-state index contributed by atoms with van der Waals surface area (Å²) >= 11 is 0. The summed E-state index contributed by atoms with van der Waals surface area (Å²) in [5.41, 5.74) is 8.83. The van der Waals surface area contributed by atoms with E-state index in [-0.39, 0.29) is 5.82 Å². The van der Waals surface area contributed by atoms with Crippen molar-refractivity contribution in [1.82, 2.24) is 0 Å². The van der Waals surface area contributed by atoms with E-state index in [4.69, 9.17) is 5.73 Å². The van der Waals surface area contributed by atoms with Gasteiger partial charge in [-0.15, -0.1) is 0 Å². The Balaban J connectivity index is 2.42. The van der Waals surface area contributed by atoms with Gasteiger partial charge >= 0.3 is 0 Å². The maximum Gasteiger partial charge on any atom is 0.123 e. The van der Waals surface area contributed by atoms with Crippen molar-refractivity contribution in [2.24, 2.45) is 5.73 Å². The van der Waals surface area contributed by atoms with Crippen LogP contribution in [0.2, 0.25) is 0 Å². The lowest BCUT2D eigenvalue weighted by molar-refractivity contribution is 0.627. The first-order valence-corrected chi connectivity index (χ1v) is 3.97. The molecule has 1 aromatic rings. The van der Waals surface area contributed by atoms with Crippen LogP contribution in [0.3, 0.4) is 0 Å². The quantitative estimate of drug-likeness (QED) is 0.670. The van der Waals surface area contributed by atoms with Gasteiger partial charge in [-0.05, 0) is 29.7 Å². The molecule has 0 fully saturated rings. The highest BCUT2D eigenvalue weighted by Crippen LogP contribution is 2.24. The fraction of sp³-hybridized carbons (Fsp3) is 0.200. The first kappa shape index (κ1) is 7.50. The molecule has 0 spiro atoms. The molecule has 0 saturated carbocycles. The molecular weight excluding hydrogens is 153 g/mol. The van der Waals surface area contributed by atoms with E-state index < -0.39 is 0 Å². The molecule has 2 heteroatoms. The maximum absolute atomic E-state index is 12.7. The molecule has 12 heavy (non-hydrogen) atoms. The molecule has 0 saturated heterocycles. The fourth-order valence-corrected chi connectivity index (χ4v) is 1.51. The van der Waals surface area contributed by atoms with Crippen LogP contribution < -0.4 is 5.73 Å². The summed E-state index contributed by atoms with van der Waals surface area (Å²) in [4.78, 5) is 0. The van der Waals surface area contributed by atoms with Gasteiger partial charge < -0.3 is 5.73 Å². The zero-order valence-corrected chi connectivity index (χ0v) is 6.68. The Morgan fingerprint density at radius 2 is 2.25 bits per heavy atom. The van der Waals surface area contributed by atoms with Crippen LogP contribution >= 0.6 is 0 Å². The molecule has 0 heterocycles. The SMILES string of the molecule is NCC1=Cc2cc(F)ccc2C1. The van der Waals surface area contributed by atoms with Gasteiger partial charge in [0.05, 0.1) is 0 Å². The van der Waals surface area contributed by atoms with Crippen LogP contribution in [0.4, 0.5) is 4.39 Å². The molecule has 1 aliphatic rings. The normalized spacial score (nSPS) is 14.3. The Hall–Kier alpha value is -1.15. The van der Waals surface area contributed by atoms with Crippen molar-refractivity contribution >= 4 is 6.08 Å². The first-order chi connectivity index (χ1) is 5.79. The summed E-state index contributed by atoms with van der Waals surface area (Å²) in [6.45, 7) is 0.566. The summed E-state index contributed by atoms with van der Waals surface area (Å²) in [5, 5.41) is 0. The second-order valence-electron chi connectivity index (χ2n) is 3.03. The Kier molecular flexibility index (Phi) is 1.70. The Labute approximate surface area is 70.7 Å². The van der Waals surface area contributed by atoms with Crippen molar-refractivity contribution in [2.75, 3.05) is 6.54 Å². The average molecular weight is 163 g/mol. The number of fused-ring (bicyclic) bond motifs is 1. The van der Waals surface area contributed by atoms with Gasteiger partial charge in [0.2, 0.25) is 0 Å². The summed E-state index contributed by atoms with van der Waals surface area (Å²) in [7, 11) is 0. The summed E-state index contributed by atoms with van der Waals surface area (Å²) in [5.74, 6) is -0.178. The molecule has 0 aliphatic heterocycles. The van der Waals surface area contributed by atoms with Gasteiger partial charge in [0.1, 0.15) is 5.82 Å². The number of rotatable bonds is 1. The van der Waals surface area contributed by atoms with Crippen molar-refractivity contribution in [2.45, 2.75) is 6.42 Å². The molecule has 0 atom stereocenters. The predicted octanol–water partition coefficient (Wildman–Crippen LogP) is 1.72. The molecule has 1 aromatic carbocycles. The lowest BCUT2D eigenvalue weighted by atomic mass is 10.1. The smallest absolute Gasteiger partial charge is 0.123 e. The number of halogens is 1. The molecule has 1 nitrogen and oxygen atoms in total. The molecule has 0 amide bonds. The van der Waals surface area contributed by atoms with Crippen LogP contribution in [0.25, 0.3) is 6.08 Å². The van der Waals surface area contributed by atoms with Gasteiger partial charge in [-0.3, -0.25) is 0 Å². The number of benzene rings is 1.